The van der Waals surface area contributed by atoms with Gasteiger partial charge in [-0.3, -0.25) is 4.90 Å². The molecule has 2 atom stereocenters. The van der Waals surface area contributed by atoms with E-state index in [1.807, 2.05) is 0 Å². The van der Waals surface area contributed by atoms with E-state index in [0.29, 0.717) is 6.42 Å². The van der Waals surface area contributed by atoms with E-state index in [0.717, 1.165) is 0 Å². The molecule has 1 unspecified atom stereocenters. The molecular weight excluding hydrogens is 262 g/mol. The summed E-state index contributed by atoms with van der Waals surface area (Å²) in [5.74, 6) is -0.559. The normalized spacial score (nSPS) is 26.2. The zero-order chi connectivity index (χ0) is 15.6. The van der Waals surface area contributed by atoms with Gasteiger partial charge in [-0.1, -0.05) is 6.08 Å². The summed E-state index contributed by atoms with van der Waals surface area (Å²) in [5, 5.41) is 10.4. The van der Waals surface area contributed by atoms with Crippen LogP contribution in [-0.2, 0) is 14.3 Å². The molecular formula is C14H23NO5. The maximum atomic E-state index is 12.1. The average molecular weight is 285 g/mol. The second-order valence-electron chi connectivity index (χ2n) is 6.07. The van der Waals surface area contributed by atoms with Crippen molar-refractivity contribution in [1.29, 1.82) is 0 Å². The van der Waals surface area contributed by atoms with E-state index in [9.17, 15) is 14.7 Å². The van der Waals surface area contributed by atoms with Gasteiger partial charge >= 0.3 is 12.1 Å². The Balaban J connectivity index is 2.92. The molecule has 0 bridgehead atoms. The number of hydrogen-bond donors (Lipinski definition) is 1. The summed E-state index contributed by atoms with van der Waals surface area (Å²) in [6, 6.07) is -0.834. The van der Waals surface area contributed by atoms with Crippen LogP contribution >= 0.6 is 0 Å². The average Bonchev–Trinajstić information content (AvgIpc) is 2.65. The Morgan fingerprint density at radius 2 is 2.10 bits per heavy atom. The summed E-state index contributed by atoms with van der Waals surface area (Å²) < 4.78 is 9.95. The van der Waals surface area contributed by atoms with Crippen LogP contribution in [0.2, 0.25) is 0 Å². The lowest BCUT2D eigenvalue weighted by molar-refractivity contribution is -0.145. The van der Waals surface area contributed by atoms with Gasteiger partial charge in [-0.2, -0.15) is 0 Å². The second-order valence-corrected chi connectivity index (χ2v) is 6.07. The topological polar surface area (TPSA) is 76.1 Å². The minimum Gasteiger partial charge on any atom is -0.467 e. The van der Waals surface area contributed by atoms with Gasteiger partial charge < -0.3 is 14.6 Å². The van der Waals surface area contributed by atoms with Gasteiger partial charge in [0.1, 0.15) is 11.6 Å². The lowest BCUT2D eigenvalue weighted by Crippen LogP contribution is -2.44. The molecule has 6 nitrogen and oxygen atoms in total. The SMILES string of the molecule is C=CCC1(O)C[C@@H](C(=O)OC)N(C(=O)OC(C)(C)C)C1. The maximum absolute atomic E-state index is 12.1. The molecule has 0 aliphatic carbocycles. The Bertz CT molecular complexity index is 401. The first-order valence-corrected chi connectivity index (χ1v) is 6.52. The van der Waals surface area contributed by atoms with Gasteiger partial charge in [-0.15, -0.1) is 6.58 Å². The lowest BCUT2D eigenvalue weighted by atomic mass is 9.96. The molecule has 0 radical (unpaired) electrons. The van der Waals surface area contributed by atoms with Gasteiger partial charge in [0.25, 0.3) is 0 Å². The van der Waals surface area contributed by atoms with Crippen LogP contribution in [-0.4, -0.2) is 53.0 Å². The standard InChI is InChI=1S/C14H23NO5/c1-6-7-14(18)8-10(11(16)19-5)15(9-14)12(17)20-13(2,3)4/h6,10,18H,1,7-9H2,2-5H3/t10-,14?/m0/s1. The molecule has 1 saturated heterocycles. The molecule has 1 rings (SSSR count). The fraction of sp³-hybridized carbons (Fsp3) is 0.714. The quantitative estimate of drug-likeness (QED) is 0.628. The monoisotopic (exact) mass is 285 g/mol. The Kier molecular flexibility index (Phi) is 4.81. The third-order valence-corrected chi connectivity index (χ3v) is 3.04. The maximum Gasteiger partial charge on any atom is 0.411 e. The fourth-order valence-corrected chi connectivity index (χ4v) is 2.24. The molecule has 1 aliphatic heterocycles. The van der Waals surface area contributed by atoms with Crippen LogP contribution in [0.4, 0.5) is 4.79 Å². The highest BCUT2D eigenvalue weighted by Gasteiger charge is 2.49. The zero-order valence-corrected chi connectivity index (χ0v) is 12.5. The number of aliphatic hydroxyl groups is 1. The molecule has 0 aromatic heterocycles. The molecule has 1 aliphatic rings. The molecule has 0 aromatic carbocycles. The van der Waals surface area contributed by atoms with Crippen LogP contribution in [0.15, 0.2) is 12.7 Å². The predicted molar refractivity (Wildman–Crippen MR) is 73.1 cm³/mol. The Morgan fingerprint density at radius 3 is 2.55 bits per heavy atom. The van der Waals surface area contributed by atoms with Crippen LogP contribution in [0.3, 0.4) is 0 Å². The van der Waals surface area contributed by atoms with E-state index in [4.69, 9.17) is 9.47 Å². The third kappa shape index (κ3) is 3.96. The zero-order valence-electron chi connectivity index (χ0n) is 12.5. The molecule has 0 spiro atoms. The van der Waals surface area contributed by atoms with E-state index in [2.05, 4.69) is 6.58 Å². The van der Waals surface area contributed by atoms with Gasteiger partial charge in [0, 0.05) is 6.42 Å². The summed E-state index contributed by atoms with van der Waals surface area (Å²) in [6.07, 6.45) is 1.34. The van der Waals surface area contributed by atoms with Crippen LogP contribution in [0.5, 0.6) is 0 Å². The number of amides is 1. The number of carbonyl (C=O) groups excluding carboxylic acids is 2. The number of nitrogens with zero attached hydrogens (tertiary/aromatic N) is 1. The molecule has 114 valence electrons. The molecule has 6 heteroatoms. The lowest BCUT2D eigenvalue weighted by Gasteiger charge is -2.27. The summed E-state index contributed by atoms with van der Waals surface area (Å²) in [6.45, 7) is 8.82. The Hall–Kier alpha value is -1.56. The van der Waals surface area contributed by atoms with Crippen molar-refractivity contribution in [1.82, 2.24) is 4.90 Å². The van der Waals surface area contributed by atoms with E-state index >= 15 is 0 Å². The molecule has 1 fully saturated rings. The van der Waals surface area contributed by atoms with Crippen molar-refractivity contribution in [3.05, 3.63) is 12.7 Å². The van der Waals surface area contributed by atoms with Crippen molar-refractivity contribution in [2.24, 2.45) is 0 Å². The number of ether oxygens (including phenoxy) is 2. The number of likely N-dealkylation sites (tertiary alicyclic amines) is 1. The molecule has 0 saturated carbocycles. The van der Waals surface area contributed by atoms with Gasteiger partial charge in [-0.25, -0.2) is 9.59 Å². The first kappa shape index (κ1) is 16.5. The van der Waals surface area contributed by atoms with Gasteiger partial charge in [0.2, 0.25) is 0 Å². The first-order chi connectivity index (χ1) is 9.12. The van der Waals surface area contributed by atoms with E-state index in [1.165, 1.54) is 12.0 Å². The molecule has 1 N–H and O–H groups in total. The Morgan fingerprint density at radius 1 is 1.50 bits per heavy atom. The van der Waals surface area contributed by atoms with E-state index < -0.39 is 29.3 Å². The molecule has 1 amide bonds. The highest BCUT2D eigenvalue weighted by atomic mass is 16.6. The second kappa shape index (κ2) is 5.83. The molecule has 20 heavy (non-hydrogen) atoms. The number of esters is 1. The van der Waals surface area contributed by atoms with Crippen molar-refractivity contribution >= 4 is 12.1 Å². The minimum absolute atomic E-state index is 0.0215. The Labute approximate surface area is 119 Å². The summed E-state index contributed by atoms with van der Waals surface area (Å²) in [7, 11) is 1.25. The van der Waals surface area contributed by atoms with Gasteiger partial charge in [0.15, 0.2) is 0 Å². The number of β-amino-alcohol motifs (C(OH)–C–C–N with tert-alkyl or cyclic N) is 1. The molecule has 1 heterocycles. The van der Waals surface area contributed by atoms with Crippen LogP contribution in [0.1, 0.15) is 33.6 Å². The number of methoxy groups -OCH3 is 1. The predicted octanol–water partition coefficient (Wildman–Crippen LogP) is 1.48. The highest BCUT2D eigenvalue weighted by molar-refractivity contribution is 5.82. The van der Waals surface area contributed by atoms with E-state index in [1.54, 1.807) is 26.8 Å². The molecule has 0 aromatic rings. The summed E-state index contributed by atoms with van der Waals surface area (Å²) in [5.41, 5.74) is -1.84. The van der Waals surface area contributed by atoms with Crippen molar-refractivity contribution in [2.45, 2.75) is 50.9 Å². The number of hydrogen-bond acceptors (Lipinski definition) is 5. The van der Waals surface area contributed by atoms with Crippen molar-refractivity contribution in [3.63, 3.8) is 0 Å². The summed E-state index contributed by atoms with van der Waals surface area (Å²) >= 11 is 0. The number of carbonyl (C=O) groups is 2. The van der Waals surface area contributed by atoms with Gasteiger partial charge in [0.05, 0.1) is 19.3 Å². The smallest absolute Gasteiger partial charge is 0.411 e. The number of rotatable bonds is 3. The largest absolute Gasteiger partial charge is 0.467 e. The van der Waals surface area contributed by atoms with Crippen LogP contribution in [0, 0.1) is 0 Å². The van der Waals surface area contributed by atoms with Crippen LogP contribution in [0.25, 0.3) is 0 Å². The fourth-order valence-electron chi connectivity index (χ4n) is 2.24. The van der Waals surface area contributed by atoms with Crippen molar-refractivity contribution < 1.29 is 24.2 Å². The minimum atomic E-state index is -1.17. The van der Waals surface area contributed by atoms with E-state index in [-0.39, 0.29) is 13.0 Å². The summed E-state index contributed by atoms with van der Waals surface area (Å²) in [4.78, 5) is 25.1. The van der Waals surface area contributed by atoms with Gasteiger partial charge in [-0.05, 0) is 27.2 Å². The van der Waals surface area contributed by atoms with Crippen molar-refractivity contribution in [3.8, 4) is 0 Å². The highest BCUT2D eigenvalue weighted by Crippen LogP contribution is 2.32. The third-order valence-electron chi connectivity index (χ3n) is 3.04. The first-order valence-electron chi connectivity index (χ1n) is 6.52. The van der Waals surface area contributed by atoms with Crippen LogP contribution < -0.4 is 0 Å². The van der Waals surface area contributed by atoms with Crippen molar-refractivity contribution in [2.75, 3.05) is 13.7 Å².